The first-order chi connectivity index (χ1) is 18.2. The van der Waals surface area contributed by atoms with E-state index in [9.17, 15) is 35.2 Å². The van der Waals surface area contributed by atoms with Crippen LogP contribution in [0.4, 0.5) is 27.6 Å². The van der Waals surface area contributed by atoms with E-state index in [0.717, 1.165) is 12.3 Å². The number of ether oxygens (including phenoxy) is 1. The first-order valence-corrected chi connectivity index (χ1v) is 13.8. The maximum Gasteiger partial charge on any atom is 0.573 e. The summed E-state index contributed by atoms with van der Waals surface area (Å²) < 4.78 is 94.9. The molecule has 0 aliphatic carbocycles. The highest BCUT2D eigenvalue weighted by molar-refractivity contribution is 7.90. The Morgan fingerprint density at radius 1 is 1.03 bits per heavy atom. The van der Waals surface area contributed by atoms with Crippen LogP contribution in [0.25, 0.3) is 11.1 Å². The highest BCUT2D eigenvalue weighted by Crippen LogP contribution is 2.37. The standard InChI is InChI=1S/C27H25F5N2O4S/c1-39(36,37)21-10-8-20(9-11-21)33-25(35)18-7-12-22(23-5-2-3-6-24(23)38-27(30,31)32)19(15-18)16-34-14-4-13-26(28,29)17-34/h2-3,5-12,15H,4,13-14,16-17H2,1H3,(H,33,35). The lowest BCUT2D eigenvalue weighted by molar-refractivity contribution is -0.274. The lowest BCUT2D eigenvalue weighted by Crippen LogP contribution is -2.42. The smallest absolute Gasteiger partial charge is 0.405 e. The van der Waals surface area contributed by atoms with E-state index in [-0.39, 0.29) is 35.4 Å². The number of para-hydroxylation sites is 1. The van der Waals surface area contributed by atoms with E-state index >= 15 is 0 Å². The van der Waals surface area contributed by atoms with Crippen LogP contribution in [-0.2, 0) is 16.4 Å². The van der Waals surface area contributed by atoms with Gasteiger partial charge in [0.15, 0.2) is 9.84 Å². The summed E-state index contributed by atoms with van der Waals surface area (Å²) in [6.07, 6.45) is -3.89. The number of halogens is 5. The third kappa shape index (κ3) is 7.54. The van der Waals surface area contributed by atoms with Gasteiger partial charge in [-0.3, -0.25) is 9.69 Å². The largest absolute Gasteiger partial charge is 0.573 e. The number of nitrogens with zero attached hydrogens (tertiary/aromatic N) is 1. The minimum atomic E-state index is -4.95. The third-order valence-electron chi connectivity index (χ3n) is 6.18. The van der Waals surface area contributed by atoms with Crippen LogP contribution in [0.2, 0.25) is 0 Å². The van der Waals surface area contributed by atoms with Gasteiger partial charge in [-0.2, -0.15) is 0 Å². The van der Waals surface area contributed by atoms with E-state index in [1.807, 2.05) is 0 Å². The lowest BCUT2D eigenvalue weighted by atomic mass is 9.95. The monoisotopic (exact) mass is 568 g/mol. The van der Waals surface area contributed by atoms with Crippen molar-refractivity contribution in [3.63, 3.8) is 0 Å². The number of carbonyl (C=O) groups excluding carboxylic acids is 1. The number of carbonyl (C=O) groups is 1. The summed E-state index contributed by atoms with van der Waals surface area (Å²) in [4.78, 5) is 14.6. The molecule has 0 aromatic heterocycles. The molecule has 3 aromatic rings. The fourth-order valence-electron chi connectivity index (χ4n) is 4.44. The van der Waals surface area contributed by atoms with Gasteiger partial charge in [0.25, 0.3) is 11.8 Å². The number of alkyl halides is 5. The summed E-state index contributed by atoms with van der Waals surface area (Å²) in [6, 6.07) is 15.3. The zero-order valence-electron chi connectivity index (χ0n) is 20.8. The van der Waals surface area contributed by atoms with Crippen molar-refractivity contribution in [2.24, 2.45) is 0 Å². The van der Waals surface area contributed by atoms with Crippen molar-refractivity contribution in [2.75, 3.05) is 24.7 Å². The lowest BCUT2D eigenvalue weighted by Gasteiger charge is -2.33. The summed E-state index contributed by atoms with van der Waals surface area (Å²) >= 11 is 0. The summed E-state index contributed by atoms with van der Waals surface area (Å²) in [5.74, 6) is -3.93. The van der Waals surface area contributed by atoms with Gasteiger partial charge in [-0.1, -0.05) is 24.3 Å². The highest BCUT2D eigenvalue weighted by Gasteiger charge is 2.36. The van der Waals surface area contributed by atoms with Crippen molar-refractivity contribution in [3.8, 4) is 16.9 Å². The molecule has 1 aliphatic heterocycles. The molecule has 0 spiro atoms. The van der Waals surface area contributed by atoms with E-state index in [1.165, 1.54) is 65.6 Å². The minimum Gasteiger partial charge on any atom is -0.405 e. The first-order valence-electron chi connectivity index (χ1n) is 11.9. The molecule has 1 saturated heterocycles. The molecule has 3 aromatic carbocycles. The quantitative estimate of drug-likeness (QED) is 0.347. The van der Waals surface area contributed by atoms with Gasteiger partial charge < -0.3 is 10.1 Å². The molecule has 1 N–H and O–H groups in total. The number of piperidine rings is 1. The molecule has 1 amide bonds. The molecule has 1 fully saturated rings. The predicted molar refractivity (Wildman–Crippen MR) is 136 cm³/mol. The molecular formula is C27H25F5N2O4S. The number of anilines is 1. The maximum absolute atomic E-state index is 14.1. The van der Waals surface area contributed by atoms with Crippen LogP contribution < -0.4 is 10.1 Å². The van der Waals surface area contributed by atoms with Crippen molar-refractivity contribution in [3.05, 3.63) is 77.9 Å². The molecule has 4 rings (SSSR count). The van der Waals surface area contributed by atoms with Crippen molar-refractivity contribution in [1.82, 2.24) is 4.90 Å². The van der Waals surface area contributed by atoms with Gasteiger partial charge in [0.05, 0.1) is 11.4 Å². The second kappa shape index (κ2) is 10.9. The Labute approximate surface area is 222 Å². The van der Waals surface area contributed by atoms with Gasteiger partial charge >= 0.3 is 6.36 Å². The van der Waals surface area contributed by atoms with Gasteiger partial charge in [-0.25, -0.2) is 17.2 Å². The first kappa shape index (κ1) is 28.5. The van der Waals surface area contributed by atoms with Crippen molar-refractivity contribution < 1.29 is 39.9 Å². The van der Waals surface area contributed by atoms with E-state index in [2.05, 4.69) is 10.1 Å². The molecule has 0 bridgehead atoms. The Bertz CT molecular complexity index is 1460. The van der Waals surface area contributed by atoms with Crippen LogP contribution >= 0.6 is 0 Å². The number of likely N-dealkylation sites (tertiary alicyclic amines) is 1. The molecule has 0 saturated carbocycles. The second-order valence-electron chi connectivity index (χ2n) is 9.34. The average molecular weight is 569 g/mol. The normalized spacial score (nSPS) is 16.1. The summed E-state index contributed by atoms with van der Waals surface area (Å²) in [6.45, 7) is -0.190. The number of hydrogen-bond acceptors (Lipinski definition) is 5. The van der Waals surface area contributed by atoms with Crippen LogP contribution in [0, 0.1) is 0 Å². The second-order valence-corrected chi connectivity index (χ2v) is 11.4. The van der Waals surface area contributed by atoms with Gasteiger partial charge in [-0.05, 0) is 66.6 Å². The van der Waals surface area contributed by atoms with Crippen molar-refractivity contribution in [1.29, 1.82) is 0 Å². The molecular weight excluding hydrogens is 543 g/mol. The molecule has 208 valence electrons. The molecule has 0 unspecified atom stereocenters. The summed E-state index contributed by atoms with van der Waals surface area (Å²) in [5, 5.41) is 2.64. The van der Waals surface area contributed by atoms with Crippen LogP contribution in [-0.4, -0.2) is 50.9 Å². The molecule has 39 heavy (non-hydrogen) atoms. The van der Waals surface area contributed by atoms with Crippen molar-refractivity contribution >= 4 is 21.4 Å². The Balaban J connectivity index is 1.68. The Kier molecular flexibility index (Phi) is 7.99. The van der Waals surface area contributed by atoms with Crippen LogP contribution in [0.3, 0.4) is 0 Å². The number of sulfone groups is 1. The van der Waals surface area contributed by atoms with Gasteiger partial charge in [-0.15, -0.1) is 13.2 Å². The Morgan fingerprint density at radius 2 is 1.72 bits per heavy atom. The topological polar surface area (TPSA) is 75.7 Å². The minimum absolute atomic E-state index is 0.0323. The third-order valence-corrected chi connectivity index (χ3v) is 7.30. The van der Waals surface area contributed by atoms with E-state index in [0.29, 0.717) is 23.4 Å². The van der Waals surface area contributed by atoms with E-state index in [4.69, 9.17) is 0 Å². The number of rotatable bonds is 7. The molecule has 1 heterocycles. The number of amides is 1. The predicted octanol–water partition coefficient (Wildman–Crippen LogP) is 6.14. The van der Waals surface area contributed by atoms with Crippen LogP contribution in [0.1, 0.15) is 28.8 Å². The fourth-order valence-corrected chi connectivity index (χ4v) is 5.07. The highest BCUT2D eigenvalue weighted by atomic mass is 32.2. The number of nitrogens with one attached hydrogen (secondary N) is 1. The molecule has 0 radical (unpaired) electrons. The maximum atomic E-state index is 14.1. The molecule has 12 heteroatoms. The van der Waals surface area contributed by atoms with Gasteiger partial charge in [0.2, 0.25) is 0 Å². The van der Waals surface area contributed by atoms with Crippen LogP contribution in [0.15, 0.2) is 71.6 Å². The SMILES string of the molecule is CS(=O)(=O)c1ccc(NC(=O)c2ccc(-c3ccccc3OC(F)(F)F)c(CN3CCCC(F)(F)C3)c2)cc1. The van der Waals surface area contributed by atoms with E-state index in [1.54, 1.807) is 0 Å². The van der Waals surface area contributed by atoms with Gasteiger partial charge in [0.1, 0.15) is 5.75 Å². The van der Waals surface area contributed by atoms with Gasteiger partial charge in [0, 0.05) is 36.0 Å². The molecule has 6 nitrogen and oxygen atoms in total. The zero-order chi connectivity index (χ0) is 28.4. The zero-order valence-corrected chi connectivity index (χ0v) is 21.6. The Hall–Kier alpha value is -3.51. The molecule has 1 aliphatic rings. The van der Waals surface area contributed by atoms with E-state index < -0.39 is 40.3 Å². The number of hydrogen-bond donors (Lipinski definition) is 1. The number of benzene rings is 3. The summed E-state index contributed by atoms with van der Waals surface area (Å²) in [5.41, 5.74) is 1.22. The average Bonchev–Trinajstić information content (AvgIpc) is 2.83. The fraction of sp³-hybridized carbons (Fsp3) is 0.296. The summed E-state index contributed by atoms with van der Waals surface area (Å²) in [7, 11) is -3.43. The Morgan fingerprint density at radius 3 is 2.36 bits per heavy atom. The van der Waals surface area contributed by atoms with Crippen LogP contribution in [0.5, 0.6) is 5.75 Å². The molecule has 0 atom stereocenters. The van der Waals surface area contributed by atoms with Crippen molar-refractivity contribution in [2.45, 2.75) is 36.6 Å².